The van der Waals surface area contributed by atoms with Crippen LogP contribution in [0.1, 0.15) is 29.6 Å². The Kier molecular flexibility index (Phi) is 5.33. The number of hydrogen-bond donors (Lipinski definition) is 1. The van der Waals surface area contributed by atoms with Crippen molar-refractivity contribution in [2.45, 2.75) is 31.2 Å². The van der Waals surface area contributed by atoms with Gasteiger partial charge in [-0.25, -0.2) is 8.78 Å². The molecule has 4 aromatic rings. The number of pyridine rings is 1. The van der Waals surface area contributed by atoms with Crippen LogP contribution in [0, 0.1) is 11.3 Å². The molecule has 5 rings (SSSR count). The van der Waals surface area contributed by atoms with E-state index in [0.29, 0.717) is 16.5 Å². The summed E-state index contributed by atoms with van der Waals surface area (Å²) in [6.07, 6.45) is 2.36. The molecule has 1 N–H and O–H groups in total. The average Bonchev–Trinajstić information content (AvgIpc) is 3.44. The largest absolute Gasteiger partial charge is 0.361 e. The van der Waals surface area contributed by atoms with E-state index in [1.807, 2.05) is 42.6 Å². The van der Waals surface area contributed by atoms with Gasteiger partial charge in [-0.05, 0) is 52.9 Å². The maximum Gasteiger partial charge on any atom is 0.268 e. The molecule has 0 bridgehead atoms. The highest BCUT2D eigenvalue weighted by atomic mass is 19.3. The summed E-state index contributed by atoms with van der Waals surface area (Å²) in [7, 11) is 0. The quantitative estimate of drug-likeness (QED) is 0.421. The zero-order chi connectivity index (χ0) is 23.9. The molecule has 1 aliphatic rings. The number of Topliss-reactive ketones (excluding diaryl/α,β-unsaturated/α-hetero) is 1. The van der Waals surface area contributed by atoms with E-state index in [-0.39, 0.29) is 18.6 Å². The molecule has 1 amide bonds. The van der Waals surface area contributed by atoms with Gasteiger partial charge < -0.3 is 9.88 Å². The zero-order valence-electron chi connectivity index (χ0n) is 18.1. The minimum absolute atomic E-state index is 0.141. The second-order valence-corrected chi connectivity index (χ2v) is 8.52. The van der Waals surface area contributed by atoms with Crippen molar-refractivity contribution in [2.24, 2.45) is 0 Å². The molecule has 0 aliphatic carbocycles. The van der Waals surface area contributed by atoms with Gasteiger partial charge >= 0.3 is 0 Å². The predicted molar refractivity (Wildman–Crippen MR) is 123 cm³/mol. The summed E-state index contributed by atoms with van der Waals surface area (Å²) in [5.41, 5.74) is 4.01. The van der Waals surface area contributed by atoms with E-state index in [1.165, 1.54) is 6.20 Å². The Morgan fingerprint density at radius 2 is 1.91 bits per heavy atom. The second kappa shape index (κ2) is 8.34. The zero-order valence-corrected chi connectivity index (χ0v) is 18.1. The van der Waals surface area contributed by atoms with Crippen molar-refractivity contribution in [1.29, 1.82) is 5.26 Å². The number of benzene rings is 2. The fourth-order valence-electron chi connectivity index (χ4n) is 4.49. The number of carbonyl (C=O) groups excluding carboxylic acids is 2. The smallest absolute Gasteiger partial charge is 0.268 e. The van der Waals surface area contributed by atoms with Crippen LogP contribution in [0.2, 0.25) is 0 Å². The molecule has 170 valence electrons. The summed E-state index contributed by atoms with van der Waals surface area (Å²) in [6, 6.07) is 15.9. The van der Waals surface area contributed by atoms with Gasteiger partial charge in [0, 0.05) is 48.1 Å². The van der Waals surface area contributed by atoms with Gasteiger partial charge in [0.25, 0.3) is 5.92 Å². The number of carbonyl (C=O) groups is 2. The molecular formula is C26H20F2N4O2. The Labute approximate surface area is 193 Å². The van der Waals surface area contributed by atoms with Crippen LogP contribution in [-0.2, 0) is 4.79 Å². The summed E-state index contributed by atoms with van der Waals surface area (Å²) in [5, 5.41) is 10.8. The van der Waals surface area contributed by atoms with Gasteiger partial charge in [-0.1, -0.05) is 12.1 Å². The third-order valence-electron chi connectivity index (χ3n) is 6.23. The maximum absolute atomic E-state index is 13.7. The Morgan fingerprint density at radius 3 is 2.74 bits per heavy atom. The van der Waals surface area contributed by atoms with Gasteiger partial charge in [0.15, 0.2) is 5.78 Å². The lowest BCUT2D eigenvalue weighted by molar-refractivity contribution is -0.132. The van der Waals surface area contributed by atoms with Gasteiger partial charge in [-0.2, -0.15) is 5.26 Å². The standard InChI is InChI=1S/C26H20F2N4O2/c27-26(28)13-19(14-29)32(15-26)25(34)6-5-24(33)20-8-10-31-23-4-2-17(12-21(20)23)16-1-3-22-18(11-16)7-9-30-22/h1-4,7-12,19,30H,5-6,13,15H2/t19-/m0/s1. The van der Waals surface area contributed by atoms with Crippen molar-refractivity contribution in [3.8, 4) is 17.2 Å². The van der Waals surface area contributed by atoms with Gasteiger partial charge in [0.05, 0.1) is 18.1 Å². The summed E-state index contributed by atoms with van der Waals surface area (Å²) in [5.74, 6) is -3.98. The molecule has 1 saturated heterocycles. The minimum Gasteiger partial charge on any atom is -0.361 e. The number of halogens is 2. The van der Waals surface area contributed by atoms with Gasteiger partial charge in [-0.3, -0.25) is 14.6 Å². The first-order valence-corrected chi connectivity index (χ1v) is 10.9. The van der Waals surface area contributed by atoms with Crippen LogP contribution in [0.3, 0.4) is 0 Å². The number of H-pyrrole nitrogens is 1. The topological polar surface area (TPSA) is 89.8 Å². The number of nitrogens with one attached hydrogen (secondary N) is 1. The maximum atomic E-state index is 13.7. The van der Waals surface area contributed by atoms with Gasteiger partial charge in [0.1, 0.15) is 6.04 Å². The van der Waals surface area contributed by atoms with E-state index in [0.717, 1.165) is 26.9 Å². The third-order valence-corrected chi connectivity index (χ3v) is 6.23. The predicted octanol–water partition coefficient (Wildman–Crippen LogP) is 5.11. The Morgan fingerprint density at radius 1 is 1.12 bits per heavy atom. The number of aromatic nitrogens is 2. The van der Waals surface area contributed by atoms with E-state index in [2.05, 4.69) is 16.0 Å². The number of aromatic amines is 1. The Balaban J connectivity index is 1.38. The van der Waals surface area contributed by atoms with Crippen molar-refractivity contribution in [2.75, 3.05) is 6.54 Å². The van der Waals surface area contributed by atoms with Crippen molar-refractivity contribution in [1.82, 2.24) is 14.9 Å². The van der Waals surface area contributed by atoms with Crippen LogP contribution in [-0.4, -0.2) is 45.1 Å². The van der Waals surface area contributed by atoms with E-state index >= 15 is 0 Å². The highest BCUT2D eigenvalue weighted by Crippen LogP contribution is 2.33. The first-order chi connectivity index (χ1) is 16.3. The highest BCUT2D eigenvalue weighted by molar-refractivity contribution is 6.08. The number of fused-ring (bicyclic) bond motifs is 2. The summed E-state index contributed by atoms with van der Waals surface area (Å²) in [4.78, 5) is 33.9. The van der Waals surface area contributed by atoms with Gasteiger partial charge in [-0.15, -0.1) is 0 Å². The molecule has 34 heavy (non-hydrogen) atoms. The summed E-state index contributed by atoms with van der Waals surface area (Å²) >= 11 is 0. The average molecular weight is 458 g/mol. The molecule has 1 atom stereocenters. The Hall–Kier alpha value is -4.12. The number of hydrogen-bond acceptors (Lipinski definition) is 4. The molecule has 8 heteroatoms. The Bertz CT molecular complexity index is 1470. The number of nitrogens with zero attached hydrogens (tertiary/aromatic N) is 3. The SMILES string of the molecule is N#C[C@@H]1CC(F)(F)CN1C(=O)CCC(=O)c1ccnc2ccc(-c3ccc4[nH]ccc4c3)cc12. The van der Waals surface area contributed by atoms with Crippen LogP contribution in [0.5, 0.6) is 0 Å². The van der Waals surface area contributed by atoms with Crippen LogP contribution >= 0.6 is 0 Å². The molecule has 0 spiro atoms. The van der Waals surface area contributed by atoms with Crippen LogP contribution < -0.4 is 0 Å². The minimum atomic E-state index is -3.08. The molecule has 1 fully saturated rings. The number of likely N-dealkylation sites (tertiary alicyclic amines) is 1. The van der Waals surface area contributed by atoms with Crippen molar-refractivity contribution in [3.05, 3.63) is 66.5 Å². The molecule has 0 unspecified atom stereocenters. The lowest BCUT2D eigenvalue weighted by Crippen LogP contribution is -2.36. The first kappa shape index (κ1) is 21.7. The van der Waals surface area contributed by atoms with Crippen molar-refractivity contribution >= 4 is 33.5 Å². The molecular weight excluding hydrogens is 438 g/mol. The second-order valence-electron chi connectivity index (χ2n) is 8.52. The summed E-state index contributed by atoms with van der Waals surface area (Å²) < 4.78 is 27.3. The normalized spacial score (nSPS) is 17.2. The fraction of sp³-hybridized carbons (Fsp3) is 0.231. The van der Waals surface area contributed by atoms with E-state index in [1.54, 1.807) is 12.1 Å². The summed E-state index contributed by atoms with van der Waals surface area (Å²) in [6.45, 7) is -0.786. The van der Waals surface area contributed by atoms with Crippen molar-refractivity contribution < 1.29 is 18.4 Å². The molecule has 2 aromatic carbocycles. The molecule has 0 saturated carbocycles. The van der Waals surface area contributed by atoms with Crippen LogP contribution in [0.4, 0.5) is 8.78 Å². The number of rotatable bonds is 5. The van der Waals surface area contributed by atoms with Gasteiger partial charge in [0.2, 0.25) is 5.91 Å². The molecule has 3 heterocycles. The number of nitriles is 1. The number of alkyl halides is 2. The fourth-order valence-corrected chi connectivity index (χ4v) is 4.49. The lowest BCUT2D eigenvalue weighted by atomic mass is 9.97. The lowest BCUT2D eigenvalue weighted by Gasteiger charge is -2.18. The van der Waals surface area contributed by atoms with Crippen LogP contribution in [0.25, 0.3) is 32.9 Å². The monoisotopic (exact) mass is 458 g/mol. The molecule has 6 nitrogen and oxygen atoms in total. The van der Waals surface area contributed by atoms with E-state index in [9.17, 15) is 18.4 Å². The first-order valence-electron chi connectivity index (χ1n) is 10.9. The number of ketones is 1. The van der Waals surface area contributed by atoms with Crippen molar-refractivity contribution in [3.63, 3.8) is 0 Å². The molecule has 2 aromatic heterocycles. The van der Waals surface area contributed by atoms with Crippen LogP contribution in [0.15, 0.2) is 60.9 Å². The highest BCUT2D eigenvalue weighted by Gasteiger charge is 2.47. The third kappa shape index (κ3) is 4.01. The molecule has 1 aliphatic heterocycles. The van der Waals surface area contributed by atoms with E-state index < -0.39 is 30.8 Å². The molecule has 0 radical (unpaired) electrons. The number of amides is 1. The van der Waals surface area contributed by atoms with E-state index in [4.69, 9.17) is 5.26 Å².